The maximum absolute atomic E-state index is 4.97. The van der Waals surface area contributed by atoms with Gasteiger partial charge in [-0.1, -0.05) is 6.92 Å². The van der Waals surface area contributed by atoms with Gasteiger partial charge in [0.1, 0.15) is 0 Å². The van der Waals surface area contributed by atoms with Crippen molar-refractivity contribution in [3.63, 3.8) is 0 Å². The van der Waals surface area contributed by atoms with Gasteiger partial charge in [0, 0.05) is 43.8 Å². The summed E-state index contributed by atoms with van der Waals surface area (Å²) in [6, 6.07) is 1.20. The van der Waals surface area contributed by atoms with Gasteiger partial charge >= 0.3 is 0 Å². The third-order valence-electron chi connectivity index (χ3n) is 6.08. The summed E-state index contributed by atoms with van der Waals surface area (Å²) in [6.07, 6.45) is 5.10. The molecule has 2 saturated heterocycles. The Morgan fingerprint density at radius 2 is 1.81 bits per heavy atom. The molecule has 0 aromatic carbocycles. The molecule has 5 nitrogen and oxygen atoms in total. The molecule has 2 heterocycles. The molecule has 0 spiro atoms. The van der Waals surface area contributed by atoms with E-state index in [0.29, 0.717) is 12.1 Å². The smallest absolute Gasteiger partial charge is 0.191 e. The first-order valence-corrected chi connectivity index (χ1v) is 10.9. The highest BCUT2D eigenvalue weighted by Gasteiger charge is 2.30. The van der Waals surface area contributed by atoms with Gasteiger partial charge in [-0.3, -0.25) is 9.89 Å². The number of rotatable bonds is 6. The highest BCUT2D eigenvalue weighted by molar-refractivity contribution is 14.0. The molecule has 2 rings (SSSR count). The van der Waals surface area contributed by atoms with Gasteiger partial charge in [0.15, 0.2) is 5.96 Å². The zero-order valence-corrected chi connectivity index (χ0v) is 20.9. The molecule has 0 bridgehead atoms. The topological polar surface area (TPSA) is 42.9 Å². The van der Waals surface area contributed by atoms with E-state index in [0.717, 1.165) is 25.0 Å². The van der Waals surface area contributed by atoms with Crippen molar-refractivity contribution in [2.75, 3.05) is 39.3 Å². The van der Waals surface area contributed by atoms with Gasteiger partial charge in [-0.2, -0.15) is 0 Å². The van der Waals surface area contributed by atoms with Gasteiger partial charge in [0.25, 0.3) is 0 Å². The fourth-order valence-electron chi connectivity index (χ4n) is 4.19. The summed E-state index contributed by atoms with van der Waals surface area (Å²) in [5.74, 6) is 1.80. The third kappa shape index (κ3) is 8.05. The van der Waals surface area contributed by atoms with Crippen LogP contribution >= 0.6 is 24.0 Å². The largest absolute Gasteiger partial charge is 0.357 e. The number of nitrogens with one attached hydrogen (secondary N) is 2. The van der Waals surface area contributed by atoms with Gasteiger partial charge in [0.05, 0.1) is 6.54 Å². The van der Waals surface area contributed by atoms with Gasteiger partial charge < -0.3 is 15.5 Å². The van der Waals surface area contributed by atoms with Gasteiger partial charge in [-0.25, -0.2) is 0 Å². The fourth-order valence-corrected chi connectivity index (χ4v) is 4.19. The fraction of sp³-hybridized carbons (Fsp3) is 0.952. The lowest BCUT2D eigenvalue weighted by molar-refractivity contribution is 0.0774. The average molecular weight is 494 g/mol. The summed E-state index contributed by atoms with van der Waals surface area (Å²) >= 11 is 0. The zero-order valence-electron chi connectivity index (χ0n) is 18.6. The molecule has 0 radical (unpaired) electrons. The van der Waals surface area contributed by atoms with E-state index in [9.17, 15) is 0 Å². The zero-order chi connectivity index (χ0) is 19.2. The molecule has 0 amide bonds. The minimum absolute atomic E-state index is 0. The van der Waals surface area contributed by atoms with E-state index in [1.54, 1.807) is 0 Å². The molecule has 2 N–H and O–H groups in total. The number of hydrogen-bond donors (Lipinski definition) is 2. The molecular formula is C21H44IN5. The Morgan fingerprint density at radius 3 is 2.37 bits per heavy atom. The number of guanidine groups is 1. The summed E-state index contributed by atoms with van der Waals surface area (Å²) in [7, 11) is 0. The van der Waals surface area contributed by atoms with Crippen molar-refractivity contribution in [3.8, 4) is 0 Å². The van der Waals surface area contributed by atoms with Crippen LogP contribution in [0.3, 0.4) is 0 Å². The molecule has 1 unspecified atom stereocenters. The minimum Gasteiger partial charge on any atom is -0.357 e. The van der Waals surface area contributed by atoms with Crippen molar-refractivity contribution >= 4 is 29.9 Å². The Hall–Kier alpha value is -0.0800. The summed E-state index contributed by atoms with van der Waals surface area (Å²) in [5, 5.41) is 7.15. The first kappa shape index (κ1) is 25.0. The second kappa shape index (κ2) is 11.8. The predicted molar refractivity (Wildman–Crippen MR) is 128 cm³/mol. The van der Waals surface area contributed by atoms with Gasteiger partial charge in [0.2, 0.25) is 0 Å². The highest BCUT2D eigenvalue weighted by Crippen LogP contribution is 2.24. The normalized spacial score (nSPS) is 24.0. The van der Waals surface area contributed by atoms with Gasteiger partial charge in [-0.05, 0) is 72.8 Å². The standard InChI is InChI=1S/C21H43N5.HI/c1-7-22-20(24-19-10-13-25(14-11-19)17(2)3)23-16-21(5,6)26-12-8-9-18(4)15-26;/h17-19H,7-16H2,1-6H3,(H2,22,23,24);1H. The van der Waals surface area contributed by atoms with Crippen LogP contribution < -0.4 is 10.6 Å². The number of hydrogen-bond acceptors (Lipinski definition) is 3. The van der Waals surface area contributed by atoms with Crippen molar-refractivity contribution in [2.24, 2.45) is 10.9 Å². The number of aliphatic imine (C=N–C) groups is 1. The van der Waals surface area contributed by atoms with Crippen LogP contribution in [0.2, 0.25) is 0 Å². The highest BCUT2D eigenvalue weighted by atomic mass is 127. The maximum Gasteiger partial charge on any atom is 0.191 e. The van der Waals surface area contributed by atoms with Crippen LogP contribution in [0.25, 0.3) is 0 Å². The summed E-state index contributed by atoms with van der Waals surface area (Å²) in [6.45, 7) is 20.4. The quantitative estimate of drug-likeness (QED) is 0.338. The molecule has 2 aliphatic rings. The molecule has 27 heavy (non-hydrogen) atoms. The summed E-state index contributed by atoms with van der Waals surface area (Å²) < 4.78 is 0. The Kier molecular flexibility index (Phi) is 10.9. The van der Waals surface area contributed by atoms with Crippen LogP contribution in [0, 0.1) is 5.92 Å². The van der Waals surface area contributed by atoms with E-state index < -0.39 is 0 Å². The van der Waals surface area contributed by atoms with Gasteiger partial charge in [-0.15, -0.1) is 24.0 Å². The number of likely N-dealkylation sites (tertiary alicyclic amines) is 2. The van der Waals surface area contributed by atoms with E-state index in [2.05, 4.69) is 62.0 Å². The lowest BCUT2D eigenvalue weighted by Crippen LogP contribution is -2.52. The second-order valence-corrected chi connectivity index (χ2v) is 9.25. The van der Waals surface area contributed by atoms with Crippen molar-refractivity contribution in [3.05, 3.63) is 0 Å². The van der Waals surface area contributed by atoms with Crippen molar-refractivity contribution in [1.29, 1.82) is 0 Å². The molecule has 2 fully saturated rings. The molecular weight excluding hydrogens is 449 g/mol. The van der Waals surface area contributed by atoms with E-state index in [1.807, 2.05) is 0 Å². The second-order valence-electron chi connectivity index (χ2n) is 9.25. The van der Waals surface area contributed by atoms with Crippen molar-refractivity contribution in [2.45, 2.75) is 84.8 Å². The first-order valence-electron chi connectivity index (χ1n) is 10.9. The van der Waals surface area contributed by atoms with E-state index in [4.69, 9.17) is 4.99 Å². The molecule has 0 aliphatic carbocycles. The SMILES string of the molecule is CCNC(=NCC(C)(C)N1CCCC(C)C1)NC1CCN(C(C)C)CC1.I. The molecule has 0 saturated carbocycles. The Bertz CT molecular complexity index is 444. The van der Waals surface area contributed by atoms with Crippen LogP contribution in [-0.4, -0.2) is 72.7 Å². The molecule has 0 aromatic rings. The molecule has 160 valence electrons. The molecule has 2 aliphatic heterocycles. The third-order valence-corrected chi connectivity index (χ3v) is 6.08. The van der Waals surface area contributed by atoms with E-state index >= 15 is 0 Å². The lowest BCUT2D eigenvalue weighted by Gasteiger charge is -2.42. The summed E-state index contributed by atoms with van der Waals surface area (Å²) in [5.41, 5.74) is 0.123. The molecule has 0 aromatic heterocycles. The Morgan fingerprint density at radius 1 is 1.15 bits per heavy atom. The Balaban J connectivity index is 0.00000364. The van der Waals surface area contributed by atoms with Crippen LogP contribution in [0.4, 0.5) is 0 Å². The van der Waals surface area contributed by atoms with Crippen LogP contribution in [-0.2, 0) is 0 Å². The Labute approximate surface area is 185 Å². The minimum atomic E-state index is 0. The van der Waals surface area contributed by atoms with Crippen molar-refractivity contribution in [1.82, 2.24) is 20.4 Å². The van der Waals surface area contributed by atoms with Crippen molar-refractivity contribution < 1.29 is 0 Å². The lowest BCUT2D eigenvalue weighted by atomic mass is 9.94. The number of nitrogens with zero attached hydrogens (tertiary/aromatic N) is 3. The number of halogens is 1. The van der Waals surface area contributed by atoms with E-state index in [-0.39, 0.29) is 29.5 Å². The predicted octanol–water partition coefficient (Wildman–Crippen LogP) is 3.54. The average Bonchev–Trinajstić information content (AvgIpc) is 2.60. The van der Waals surface area contributed by atoms with Crippen LogP contribution in [0.15, 0.2) is 4.99 Å². The first-order chi connectivity index (χ1) is 12.3. The molecule has 6 heteroatoms. The van der Waals surface area contributed by atoms with Crippen LogP contribution in [0.5, 0.6) is 0 Å². The molecule has 1 atom stereocenters. The monoisotopic (exact) mass is 493 g/mol. The van der Waals surface area contributed by atoms with Crippen LogP contribution in [0.1, 0.15) is 67.2 Å². The summed E-state index contributed by atoms with van der Waals surface area (Å²) in [4.78, 5) is 10.2. The maximum atomic E-state index is 4.97. The number of piperidine rings is 2. The van der Waals surface area contributed by atoms with E-state index in [1.165, 1.54) is 51.9 Å².